The standard InChI is InChI=1S/C15H19N3O2/c1-3-7-11-9-5-6-10-12(11)18-13(8-4-2)14(15(19)20)16-17-18/h5-6,9-10H,3-4,7-8H2,1-2H3,(H,19,20). The molecule has 0 unspecified atom stereocenters. The van der Waals surface area contributed by atoms with Gasteiger partial charge in [-0.15, -0.1) is 5.10 Å². The summed E-state index contributed by atoms with van der Waals surface area (Å²) < 4.78 is 1.68. The van der Waals surface area contributed by atoms with Crippen LogP contribution >= 0.6 is 0 Å². The van der Waals surface area contributed by atoms with Crippen LogP contribution in [0.5, 0.6) is 0 Å². The largest absolute Gasteiger partial charge is 0.476 e. The molecule has 1 heterocycles. The van der Waals surface area contributed by atoms with Gasteiger partial charge in [0.2, 0.25) is 0 Å². The summed E-state index contributed by atoms with van der Waals surface area (Å²) in [7, 11) is 0. The van der Waals surface area contributed by atoms with Gasteiger partial charge in [0.25, 0.3) is 0 Å². The van der Waals surface area contributed by atoms with Crippen LogP contribution in [0, 0.1) is 0 Å². The van der Waals surface area contributed by atoms with E-state index < -0.39 is 5.97 Å². The summed E-state index contributed by atoms with van der Waals surface area (Å²) in [5, 5.41) is 17.1. The molecule has 5 heteroatoms. The third-order valence-electron chi connectivity index (χ3n) is 3.19. The van der Waals surface area contributed by atoms with Crippen molar-refractivity contribution in [3.63, 3.8) is 0 Å². The quantitative estimate of drug-likeness (QED) is 0.878. The Morgan fingerprint density at radius 3 is 2.55 bits per heavy atom. The molecule has 0 bridgehead atoms. The first kappa shape index (κ1) is 14.2. The second-order valence-electron chi connectivity index (χ2n) is 4.73. The number of nitrogens with zero attached hydrogens (tertiary/aromatic N) is 3. The molecule has 5 nitrogen and oxygen atoms in total. The molecule has 2 aromatic rings. The van der Waals surface area contributed by atoms with Gasteiger partial charge in [0.1, 0.15) is 0 Å². The normalized spacial score (nSPS) is 10.7. The van der Waals surface area contributed by atoms with Crippen LogP contribution in [0.3, 0.4) is 0 Å². The number of para-hydroxylation sites is 1. The number of rotatable bonds is 6. The maximum Gasteiger partial charge on any atom is 0.358 e. The van der Waals surface area contributed by atoms with Crippen molar-refractivity contribution in [2.45, 2.75) is 39.5 Å². The number of aryl methyl sites for hydroxylation is 1. The molecule has 0 saturated heterocycles. The van der Waals surface area contributed by atoms with Gasteiger partial charge in [-0.05, 0) is 24.5 Å². The van der Waals surface area contributed by atoms with E-state index in [4.69, 9.17) is 0 Å². The van der Waals surface area contributed by atoms with Crippen LogP contribution in [0.4, 0.5) is 0 Å². The highest BCUT2D eigenvalue weighted by atomic mass is 16.4. The molecular weight excluding hydrogens is 254 g/mol. The average molecular weight is 273 g/mol. The first-order valence-corrected chi connectivity index (χ1v) is 6.95. The molecule has 0 saturated carbocycles. The van der Waals surface area contributed by atoms with Crippen LogP contribution in [0.2, 0.25) is 0 Å². The third kappa shape index (κ3) is 2.71. The predicted molar refractivity (Wildman–Crippen MR) is 76.3 cm³/mol. The Morgan fingerprint density at radius 2 is 1.90 bits per heavy atom. The molecular formula is C15H19N3O2. The van der Waals surface area contributed by atoms with Crippen LogP contribution in [-0.2, 0) is 12.8 Å². The average Bonchev–Trinajstić information content (AvgIpc) is 2.84. The van der Waals surface area contributed by atoms with Gasteiger partial charge < -0.3 is 5.11 Å². The number of carbonyl (C=O) groups is 1. The molecule has 0 aliphatic rings. The van der Waals surface area contributed by atoms with Crippen LogP contribution in [0.15, 0.2) is 24.3 Å². The molecule has 20 heavy (non-hydrogen) atoms. The maximum atomic E-state index is 11.2. The minimum absolute atomic E-state index is 0.0538. The topological polar surface area (TPSA) is 68.0 Å². The van der Waals surface area contributed by atoms with Crippen molar-refractivity contribution in [1.29, 1.82) is 0 Å². The molecule has 1 aromatic carbocycles. The summed E-state index contributed by atoms with van der Waals surface area (Å²) in [6.45, 7) is 4.13. The second kappa shape index (κ2) is 6.32. The van der Waals surface area contributed by atoms with Crippen LogP contribution in [-0.4, -0.2) is 26.1 Å². The first-order chi connectivity index (χ1) is 9.69. The van der Waals surface area contributed by atoms with Crippen molar-refractivity contribution in [3.05, 3.63) is 41.2 Å². The Balaban J connectivity index is 2.55. The lowest BCUT2D eigenvalue weighted by Gasteiger charge is -2.11. The molecule has 1 aromatic heterocycles. The molecule has 0 amide bonds. The highest BCUT2D eigenvalue weighted by Crippen LogP contribution is 2.20. The molecule has 0 radical (unpaired) electrons. The lowest BCUT2D eigenvalue weighted by atomic mass is 10.1. The van der Waals surface area contributed by atoms with E-state index in [-0.39, 0.29) is 5.69 Å². The van der Waals surface area contributed by atoms with E-state index in [2.05, 4.69) is 23.3 Å². The minimum atomic E-state index is -1.02. The summed E-state index contributed by atoms with van der Waals surface area (Å²) in [6.07, 6.45) is 3.46. The van der Waals surface area contributed by atoms with Gasteiger partial charge in [-0.25, -0.2) is 9.48 Å². The van der Waals surface area contributed by atoms with E-state index in [1.807, 2.05) is 25.1 Å². The molecule has 0 spiro atoms. The summed E-state index contributed by atoms with van der Waals surface area (Å²) in [5.74, 6) is -1.02. The zero-order valence-electron chi connectivity index (χ0n) is 11.8. The van der Waals surface area contributed by atoms with Gasteiger partial charge in [-0.2, -0.15) is 0 Å². The molecule has 0 atom stereocenters. The Kier molecular flexibility index (Phi) is 4.50. The van der Waals surface area contributed by atoms with Gasteiger partial charge in [0, 0.05) is 0 Å². The Bertz CT molecular complexity index is 605. The number of aromatic carboxylic acids is 1. The number of carboxylic acids is 1. The molecule has 106 valence electrons. The minimum Gasteiger partial charge on any atom is -0.476 e. The van der Waals surface area contributed by atoms with Gasteiger partial charge in [0.15, 0.2) is 5.69 Å². The highest BCUT2D eigenvalue weighted by molar-refractivity contribution is 5.86. The van der Waals surface area contributed by atoms with Crippen molar-refractivity contribution in [2.24, 2.45) is 0 Å². The number of hydrogen-bond donors (Lipinski definition) is 1. The third-order valence-corrected chi connectivity index (χ3v) is 3.19. The van der Waals surface area contributed by atoms with Crippen LogP contribution in [0.25, 0.3) is 5.69 Å². The Hall–Kier alpha value is -2.17. The van der Waals surface area contributed by atoms with Gasteiger partial charge >= 0.3 is 5.97 Å². The Labute approximate surface area is 118 Å². The zero-order chi connectivity index (χ0) is 14.5. The van der Waals surface area contributed by atoms with Crippen molar-refractivity contribution in [3.8, 4) is 5.69 Å². The molecule has 1 N–H and O–H groups in total. The lowest BCUT2D eigenvalue weighted by molar-refractivity contribution is 0.0689. The van der Waals surface area contributed by atoms with E-state index in [1.54, 1.807) is 4.68 Å². The Morgan fingerprint density at radius 1 is 1.20 bits per heavy atom. The smallest absolute Gasteiger partial charge is 0.358 e. The SMILES string of the molecule is CCCc1ccccc1-n1nnc(C(=O)O)c1CCC. The van der Waals surface area contributed by atoms with Gasteiger partial charge in [0.05, 0.1) is 11.4 Å². The summed E-state index contributed by atoms with van der Waals surface area (Å²) in [5.41, 5.74) is 2.81. The van der Waals surface area contributed by atoms with Crippen molar-refractivity contribution >= 4 is 5.97 Å². The number of carboxylic acid groups (broad SMARTS) is 1. The van der Waals surface area contributed by atoms with Crippen molar-refractivity contribution in [2.75, 3.05) is 0 Å². The maximum absolute atomic E-state index is 11.2. The van der Waals surface area contributed by atoms with E-state index >= 15 is 0 Å². The predicted octanol–water partition coefficient (Wildman–Crippen LogP) is 2.87. The van der Waals surface area contributed by atoms with E-state index in [1.165, 1.54) is 0 Å². The van der Waals surface area contributed by atoms with Crippen LogP contribution in [0.1, 0.15) is 48.4 Å². The van der Waals surface area contributed by atoms with E-state index in [0.717, 1.165) is 30.5 Å². The fourth-order valence-electron chi connectivity index (χ4n) is 2.32. The first-order valence-electron chi connectivity index (χ1n) is 6.95. The van der Waals surface area contributed by atoms with Crippen molar-refractivity contribution < 1.29 is 9.90 Å². The summed E-state index contributed by atoms with van der Waals surface area (Å²) in [6, 6.07) is 7.94. The molecule has 2 rings (SSSR count). The fourth-order valence-corrected chi connectivity index (χ4v) is 2.32. The molecule has 0 aliphatic heterocycles. The zero-order valence-corrected chi connectivity index (χ0v) is 11.8. The molecule has 0 fully saturated rings. The second-order valence-corrected chi connectivity index (χ2v) is 4.73. The number of aromatic nitrogens is 3. The van der Waals surface area contributed by atoms with E-state index in [0.29, 0.717) is 12.1 Å². The summed E-state index contributed by atoms with van der Waals surface area (Å²) >= 11 is 0. The van der Waals surface area contributed by atoms with Gasteiger partial charge in [-0.3, -0.25) is 0 Å². The highest BCUT2D eigenvalue weighted by Gasteiger charge is 2.20. The van der Waals surface area contributed by atoms with E-state index in [9.17, 15) is 9.90 Å². The number of hydrogen-bond acceptors (Lipinski definition) is 3. The summed E-state index contributed by atoms with van der Waals surface area (Å²) in [4.78, 5) is 11.2. The lowest BCUT2D eigenvalue weighted by Crippen LogP contribution is -2.08. The van der Waals surface area contributed by atoms with Crippen molar-refractivity contribution in [1.82, 2.24) is 15.0 Å². The fraction of sp³-hybridized carbons (Fsp3) is 0.400. The monoisotopic (exact) mass is 273 g/mol. The molecule has 0 aliphatic carbocycles. The number of benzene rings is 1. The van der Waals surface area contributed by atoms with Gasteiger partial charge in [-0.1, -0.05) is 50.1 Å². The van der Waals surface area contributed by atoms with Crippen LogP contribution < -0.4 is 0 Å².